The molecule has 0 radical (unpaired) electrons. The normalized spacial score (nSPS) is 11.2. The Kier molecular flexibility index (Phi) is 6.72. The summed E-state index contributed by atoms with van der Waals surface area (Å²) < 4.78 is 6.93. The minimum Gasteiger partial charge on any atom is -0.504 e. The molecule has 8 heteroatoms. The number of hydrazone groups is 1. The van der Waals surface area contributed by atoms with Crippen molar-refractivity contribution in [3.8, 4) is 11.5 Å². The van der Waals surface area contributed by atoms with Gasteiger partial charge in [0.05, 0.1) is 30.1 Å². The Labute approximate surface area is 189 Å². The van der Waals surface area contributed by atoms with Gasteiger partial charge in [0, 0.05) is 4.90 Å². The monoisotopic (exact) mass is 446 g/mol. The van der Waals surface area contributed by atoms with Gasteiger partial charge in [0.25, 0.3) is 5.91 Å². The van der Waals surface area contributed by atoms with Gasteiger partial charge in [-0.25, -0.2) is 10.4 Å². The van der Waals surface area contributed by atoms with Crippen LogP contribution in [0.3, 0.4) is 0 Å². The fraction of sp³-hybridized carbons (Fsp3) is 0.125. The van der Waals surface area contributed by atoms with E-state index in [1.165, 1.54) is 19.4 Å². The van der Waals surface area contributed by atoms with Crippen molar-refractivity contribution in [2.45, 2.75) is 17.2 Å². The van der Waals surface area contributed by atoms with Gasteiger partial charge in [0.15, 0.2) is 11.5 Å². The Morgan fingerprint density at radius 3 is 2.72 bits per heavy atom. The van der Waals surface area contributed by atoms with E-state index in [0.29, 0.717) is 17.1 Å². The molecule has 1 amide bonds. The second kappa shape index (κ2) is 10.0. The minimum atomic E-state index is -0.270. The highest BCUT2D eigenvalue weighted by Gasteiger charge is 2.13. The van der Waals surface area contributed by atoms with E-state index in [-0.39, 0.29) is 18.2 Å². The van der Waals surface area contributed by atoms with Crippen LogP contribution in [-0.4, -0.2) is 33.9 Å². The summed E-state index contributed by atoms with van der Waals surface area (Å²) in [6.45, 7) is 0.0936. The Morgan fingerprint density at radius 2 is 1.94 bits per heavy atom. The highest BCUT2D eigenvalue weighted by atomic mass is 32.2. The van der Waals surface area contributed by atoms with Gasteiger partial charge in [-0.1, -0.05) is 30.3 Å². The molecule has 2 N–H and O–H groups in total. The molecule has 4 aromatic rings. The van der Waals surface area contributed by atoms with Gasteiger partial charge in [-0.05, 0) is 48.0 Å². The van der Waals surface area contributed by atoms with Crippen LogP contribution in [0.1, 0.15) is 11.4 Å². The molecule has 0 atom stereocenters. The number of phenolic OH excluding ortho intramolecular Hbond substituents is 1. The molecule has 0 aliphatic heterocycles. The fourth-order valence-electron chi connectivity index (χ4n) is 3.22. The van der Waals surface area contributed by atoms with Crippen molar-refractivity contribution in [3.63, 3.8) is 0 Å². The van der Waals surface area contributed by atoms with Crippen LogP contribution in [0.5, 0.6) is 11.5 Å². The number of imidazole rings is 1. The van der Waals surface area contributed by atoms with Crippen LogP contribution in [0.25, 0.3) is 11.0 Å². The zero-order chi connectivity index (χ0) is 22.3. The zero-order valence-corrected chi connectivity index (χ0v) is 18.2. The summed E-state index contributed by atoms with van der Waals surface area (Å²) in [6.07, 6.45) is 1.47. The average Bonchev–Trinajstić information content (AvgIpc) is 3.16. The van der Waals surface area contributed by atoms with Crippen molar-refractivity contribution in [1.82, 2.24) is 15.0 Å². The number of benzene rings is 3. The van der Waals surface area contributed by atoms with E-state index in [1.54, 1.807) is 23.9 Å². The van der Waals surface area contributed by atoms with Crippen molar-refractivity contribution >= 4 is 34.9 Å². The molecule has 1 aromatic heterocycles. The number of rotatable bonds is 8. The molecule has 0 spiro atoms. The number of nitrogens with one attached hydrogen (secondary N) is 1. The molecule has 0 aliphatic carbocycles. The number of ether oxygens (including phenoxy) is 1. The average molecular weight is 447 g/mol. The Bertz CT molecular complexity index is 1250. The standard InChI is InChI=1S/C24H22N4O3S/c1-31-22-12-11-17(13-21(22)29)14-25-27-24(30)15-28-20-10-6-5-9-19(20)26-23(28)16-32-18-7-3-2-4-8-18/h2-14,29H,15-16H2,1H3,(H,27,30). The van der Waals surface area contributed by atoms with E-state index in [2.05, 4.69) is 22.7 Å². The number of carbonyl (C=O) groups excluding carboxylic acids is 1. The predicted molar refractivity (Wildman–Crippen MR) is 126 cm³/mol. The van der Waals surface area contributed by atoms with Gasteiger partial charge in [-0.2, -0.15) is 5.10 Å². The predicted octanol–water partition coefficient (Wildman–Crippen LogP) is 4.19. The molecule has 32 heavy (non-hydrogen) atoms. The molecular formula is C24H22N4O3S. The van der Waals surface area contributed by atoms with E-state index >= 15 is 0 Å². The number of methoxy groups -OCH3 is 1. The SMILES string of the molecule is COc1ccc(C=NNC(=O)Cn2c(CSc3ccccc3)nc3ccccc32)cc1O. The number of phenols is 1. The van der Waals surface area contributed by atoms with Crippen molar-refractivity contribution in [1.29, 1.82) is 0 Å². The molecule has 4 rings (SSSR count). The molecular weight excluding hydrogens is 424 g/mol. The smallest absolute Gasteiger partial charge is 0.260 e. The summed E-state index contributed by atoms with van der Waals surface area (Å²) >= 11 is 1.67. The quantitative estimate of drug-likeness (QED) is 0.241. The lowest BCUT2D eigenvalue weighted by Gasteiger charge is -2.08. The summed E-state index contributed by atoms with van der Waals surface area (Å²) in [5.41, 5.74) is 4.93. The van der Waals surface area contributed by atoms with Crippen LogP contribution in [0.15, 0.2) is 82.8 Å². The van der Waals surface area contributed by atoms with E-state index in [0.717, 1.165) is 21.8 Å². The third-order valence-corrected chi connectivity index (χ3v) is 5.76. The van der Waals surface area contributed by atoms with Gasteiger partial charge in [0.2, 0.25) is 0 Å². The highest BCUT2D eigenvalue weighted by molar-refractivity contribution is 7.98. The number of hydrogen-bond acceptors (Lipinski definition) is 6. The fourth-order valence-corrected chi connectivity index (χ4v) is 4.09. The number of aromatic nitrogens is 2. The first-order valence-electron chi connectivity index (χ1n) is 9.95. The number of fused-ring (bicyclic) bond motifs is 1. The first-order chi connectivity index (χ1) is 15.6. The van der Waals surface area contributed by atoms with Crippen LogP contribution >= 0.6 is 11.8 Å². The molecule has 162 valence electrons. The lowest BCUT2D eigenvalue weighted by molar-refractivity contribution is -0.121. The number of aromatic hydroxyl groups is 1. The van der Waals surface area contributed by atoms with Gasteiger partial charge in [-0.3, -0.25) is 4.79 Å². The molecule has 7 nitrogen and oxygen atoms in total. The number of hydrogen-bond donors (Lipinski definition) is 2. The number of carbonyl (C=O) groups is 1. The maximum absolute atomic E-state index is 12.6. The van der Waals surface area contributed by atoms with E-state index in [9.17, 15) is 9.90 Å². The van der Waals surface area contributed by atoms with E-state index in [1.807, 2.05) is 47.0 Å². The van der Waals surface area contributed by atoms with Crippen LogP contribution in [0.2, 0.25) is 0 Å². The van der Waals surface area contributed by atoms with Crippen molar-refractivity contribution in [2.24, 2.45) is 5.10 Å². The van der Waals surface area contributed by atoms with Gasteiger partial charge in [0.1, 0.15) is 12.4 Å². The molecule has 0 bridgehead atoms. The number of nitrogens with zero attached hydrogens (tertiary/aromatic N) is 3. The topological polar surface area (TPSA) is 88.7 Å². The van der Waals surface area contributed by atoms with Crippen LogP contribution in [0, 0.1) is 0 Å². The summed E-state index contributed by atoms with van der Waals surface area (Å²) in [7, 11) is 1.48. The number of amides is 1. The first kappa shape index (κ1) is 21.5. The lowest BCUT2D eigenvalue weighted by atomic mass is 10.2. The lowest BCUT2D eigenvalue weighted by Crippen LogP contribution is -2.24. The van der Waals surface area contributed by atoms with Crippen molar-refractivity contribution < 1.29 is 14.6 Å². The van der Waals surface area contributed by atoms with E-state index < -0.39 is 0 Å². The molecule has 0 saturated carbocycles. The Morgan fingerprint density at radius 1 is 1.16 bits per heavy atom. The molecule has 0 saturated heterocycles. The third kappa shape index (κ3) is 5.09. The minimum absolute atomic E-state index is 0.00761. The number of thioether (sulfide) groups is 1. The van der Waals surface area contributed by atoms with Crippen LogP contribution in [0.4, 0.5) is 0 Å². The van der Waals surface area contributed by atoms with Crippen molar-refractivity contribution in [2.75, 3.05) is 7.11 Å². The zero-order valence-electron chi connectivity index (χ0n) is 17.4. The second-order valence-corrected chi connectivity index (χ2v) is 7.98. The molecule has 0 aliphatic rings. The van der Waals surface area contributed by atoms with Gasteiger partial charge in [-0.15, -0.1) is 11.8 Å². The Hall–Kier alpha value is -3.78. The largest absolute Gasteiger partial charge is 0.504 e. The van der Waals surface area contributed by atoms with Gasteiger partial charge < -0.3 is 14.4 Å². The van der Waals surface area contributed by atoms with Crippen LogP contribution in [-0.2, 0) is 17.1 Å². The van der Waals surface area contributed by atoms with E-state index in [4.69, 9.17) is 9.72 Å². The summed E-state index contributed by atoms with van der Waals surface area (Å²) in [5.74, 6) is 1.57. The first-order valence-corrected chi connectivity index (χ1v) is 10.9. The molecule has 0 fully saturated rings. The maximum Gasteiger partial charge on any atom is 0.260 e. The molecule has 1 heterocycles. The third-order valence-electron chi connectivity index (χ3n) is 4.75. The van der Waals surface area contributed by atoms with Crippen molar-refractivity contribution in [3.05, 3.63) is 84.2 Å². The van der Waals surface area contributed by atoms with Crippen LogP contribution < -0.4 is 10.2 Å². The summed E-state index contributed by atoms with van der Waals surface area (Å²) in [6, 6.07) is 22.7. The highest BCUT2D eigenvalue weighted by Crippen LogP contribution is 2.26. The van der Waals surface area contributed by atoms with Gasteiger partial charge >= 0.3 is 0 Å². The second-order valence-electron chi connectivity index (χ2n) is 6.93. The summed E-state index contributed by atoms with van der Waals surface area (Å²) in [5, 5.41) is 13.9. The molecule has 0 unspecified atom stereocenters. The number of para-hydroxylation sites is 2. The Balaban J connectivity index is 1.46. The summed E-state index contributed by atoms with van der Waals surface area (Å²) in [4.78, 5) is 18.4. The molecule has 3 aromatic carbocycles. The maximum atomic E-state index is 12.6.